The summed E-state index contributed by atoms with van der Waals surface area (Å²) in [6.45, 7) is 1.73. The topological polar surface area (TPSA) is 66.6 Å². The lowest BCUT2D eigenvalue weighted by Crippen LogP contribution is -2.30. The largest absolute Gasteiger partial charge is 0.393 e. The summed E-state index contributed by atoms with van der Waals surface area (Å²) in [6, 6.07) is 1.87. The van der Waals surface area contributed by atoms with Gasteiger partial charge in [0.15, 0.2) is 0 Å². The molecular formula is C15H18N2O2S. The predicted octanol–water partition coefficient (Wildman–Crippen LogP) is 0.901. The van der Waals surface area contributed by atoms with E-state index in [2.05, 4.69) is 11.8 Å². The molecule has 1 saturated carbocycles. The zero-order valence-corrected chi connectivity index (χ0v) is 12.0. The van der Waals surface area contributed by atoms with Gasteiger partial charge in [-0.2, -0.15) is 0 Å². The first-order valence-corrected chi connectivity index (χ1v) is 7.82. The average Bonchev–Trinajstić information content (AvgIpc) is 3.13. The Morgan fingerprint density at radius 2 is 2.35 bits per heavy atom. The van der Waals surface area contributed by atoms with E-state index in [9.17, 15) is 9.90 Å². The minimum absolute atomic E-state index is 0.0444. The van der Waals surface area contributed by atoms with Gasteiger partial charge < -0.3 is 15.7 Å². The maximum atomic E-state index is 12.6. The third-order valence-electron chi connectivity index (χ3n) is 4.29. The standard InChI is InChI=1S/C15H18N2O2S/c16-6-1-2-10-5-7-20-14(10)15(19)17-8-11-3-4-13(18)12(11)9-17/h5,7,11-13,18H,3-4,6,8-9,16H2. The Labute approximate surface area is 122 Å². The highest BCUT2D eigenvalue weighted by molar-refractivity contribution is 7.12. The van der Waals surface area contributed by atoms with Crippen molar-refractivity contribution in [1.82, 2.24) is 4.90 Å². The summed E-state index contributed by atoms with van der Waals surface area (Å²) in [6.07, 6.45) is 1.67. The summed E-state index contributed by atoms with van der Waals surface area (Å²) in [5.74, 6) is 6.52. The van der Waals surface area contributed by atoms with Gasteiger partial charge in [-0.15, -0.1) is 11.3 Å². The van der Waals surface area contributed by atoms with Crippen molar-refractivity contribution in [2.45, 2.75) is 18.9 Å². The van der Waals surface area contributed by atoms with Gasteiger partial charge in [0, 0.05) is 24.6 Å². The van der Waals surface area contributed by atoms with Crippen LogP contribution in [0.15, 0.2) is 11.4 Å². The molecule has 2 aliphatic rings. The number of fused-ring (bicyclic) bond motifs is 1. The number of thiophene rings is 1. The fourth-order valence-corrected chi connectivity index (χ4v) is 4.08. The SMILES string of the molecule is NCC#Cc1ccsc1C(=O)N1CC2CCC(O)C2C1. The molecule has 20 heavy (non-hydrogen) atoms. The molecule has 0 aromatic carbocycles. The van der Waals surface area contributed by atoms with Crippen molar-refractivity contribution in [2.75, 3.05) is 19.6 Å². The van der Waals surface area contributed by atoms with Crippen molar-refractivity contribution in [3.8, 4) is 11.8 Å². The first kappa shape index (κ1) is 13.6. The number of hydrogen-bond acceptors (Lipinski definition) is 4. The normalized spacial score (nSPS) is 28.1. The van der Waals surface area contributed by atoms with Crippen LogP contribution in [0.2, 0.25) is 0 Å². The van der Waals surface area contributed by atoms with Crippen molar-refractivity contribution in [2.24, 2.45) is 17.6 Å². The van der Waals surface area contributed by atoms with Crippen LogP contribution in [0.4, 0.5) is 0 Å². The third kappa shape index (κ3) is 2.35. The molecule has 2 heterocycles. The number of aliphatic hydroxyl groups excluding tert-OH is 1. The van der Waals surface area contributed by atoms with Crippen LogP contribution in [0.5, 0.6) is 0 Å². The second-order valence-electron chi connectivity index (χ2n) is 5.45. The number of hydrogen-bond donors (Lipinski definition) is 2. The van der Waals surface area contributed by atoms with E-state index in [1.54, 1.807) is 0 Å². The average molecular weight is 290 g/mol. The zero-order valence-electron chi connectivity index (χ0n) is 11.2. The monoisotopic (exact) mass is 290 g/mol. The number of likely N-dealkylation sites (tertiary alicyclic amines) is 1. The van der Waals surface area contributed by atoms with Crippen molar-refractivity contribution >= 4 is 17.2 Å². The van der Waals surface area contributed by atoms with Gasteiger partial charge in [0.05, 0.1) is 12.6 Å². The van der Waals surface area contributed by atoms with E-state index in [0.29, 0.717) is 23.9 Å². The Bertz CT molecular complexity index is 572. The molecule has 0 bridgehead atoms. The fourth-order valence-electron chi connectivity index (χ4n) is 3.27. The Kier molecular flexibility index (Phi) is 3.79. The van der Waals surface area contributed by atoms with Gasteiger partial charge in [0.2, 0.25) is 0 Å². The van der Waals surface area contributed by atoms with Gasteiger partial charge in [-0.25, -0.2) is 0 Å². The third-order valence-corrected chi connectivity index (χ3v) is 5.19. The van der Waals surface area contributed by atoms with E-state index >= 15 is 0 Å². The molecule has 1 aromatic rings. The molecule has 3 unspecified atom stereocenters. The number of amides is 1. The van der Waals surface area contributed by atoms with Crippen molar-refractivity contribution in [3.63, 3.8) is 0 Å². The molecular weight excluding hydrogens is 272 g/mol. The molecule has 1 aliphatic heterocycles. The Morgan fingerprint density at radius 3 is 3.10 bits per heavy atom. The molecule has 5 heteroatoms. The molecule has 4 nitrogen and oxygen atoms in total. The van der Waals surface area contributed by atoms with Gasteiger partial charge in [-0.05, 0) is 30.2 Å². The predicted molar refractivity (Wildman–Crippen MR) is 78.4 cm³/mol. The summed E-state index contributed by atoms with van der Waals surface area (Å²) < 4.78 is 0. The van der Waals surface area contributed by atoms with Crippen molar-refractivity contribution in [3.05, 3.63) is 21.9 Å². The second-order valence-corrected chi connectivity index (χ2v) is 6.36. The van der Waals surface area contributed by atoms with E-state index in [1.807, 2.05) is 16.3 Å². The summed E-state index contributed by atoms with van der Waals surface area (Å²) in [7, 11) is 0. The fraction of sp³-hybridized carbons (Fsp3) is 0.533. The van der Waals surface area contributed by atoms with E-state index in [0.717, 1.165) is 24.9 Å². The highest BCUT2D eigenvalue weighted by atomic mass is 32.1. The van der Waals surface area contributed by atoms with E-state index in [1.165, 1.54) is 11.3 Å². The van der Waals surface area contributed by atoms with Crippen LogP contribution < -0.4 is 5.73 Å². The van der Waals surface area contributed by atoms with Gasteiger partial charge in [-0.3, -0.25) is 4.79 Å². The van der Waals surface area contributed by atoms with Crippen molar-refractivity contribution in [1.29, 1.82) is 0 Å². The smallest absolute Gasteiger partial charge is 0.265 e. The van der Waals surface area contributed by atoms with Gasteiger partial charge >= 0.3 is 0 Å². The van der Waals surface area contributed by atoms with Crippen molar-refractivity contribution < 1.29 is 9.90 Å². The van der Waals surface area contributed by atoms with E-state index in [-0.39, 0.29) is 17.9 Å². The van der Waals surface area contributed by atoms with Gasteiger partial charge in [-0.1, -0.05) is 11.8 Å². The molecule has 3 rings (SSSR count). The van der Waals surface area contributed by atoms with E-state index in [4.69, 9.17) is 5.73 Å². The lowest BCUT2D eigenvalue weighted by molar-refractivity contribution is 0.0757. The maximum Gasteiger partial charge on any atom is 0.265 e. The number of carbonyl (C=O) groups excluding carboxylic acids is 1. The minimum atomic E-state index is -0.238. The molecule has 1 aliphatic carbocycles. The van der Waals surface area contributed by atoms with Crippen LogP contribution in [0.3, 0.4) is 0 Å². The van der Waals surface area contributed by atoms with Crippen LogP contribution in [-0.4, -0.2) is 41.7 Å². The number of nitrogens with zero attached hydrogens (tertiary/aromatic N) is 1. The molecule has 3 N–H and O–H groups in total. The van der Waals surface area contributed by atoms with Crippen LogP contribution in [0, 0.1) is 23.7 Å². The Morgan fingerprint density at radius 1 is 1.50 bits per heavy atom. The quantitative estimate of drug-likeness (QED) is 0.755. The summed E-state index contributed by atoms with van der Waals surface area (Å²) in [4.78, 5) is 15.2. The summed E-state index contributed by atoms with van der Waals surface area (Å²) in [5, 5.41) is 11.8. The van der Waals surface area contributed by atoms with Crippen LogP contribution in [0.1, 0.15) is 28.1 Å². The zero-order chi connectivity index (χ0) is 14.1. The Hall–Kier alpha value is -1.35. The summed E-state index contributed by atoms with van der Waals surface area (Å²) in [5.41, 5.74) is 6.14. The van der Waals surface area contributed by atoms with Gasteiger partial charge in [0.1, 0.15) is 4.88 Å². The molecule has 2 fully saturated rings. The first-order valence-electron chi connectivity index (χ1n) is 6.94. The second kappa shape index (κ2) is 5.57. The molecule has 0 spiro atoms. The van der Waals surface area contributed by atoms with Gasteiger partial charge in [0.25, 0.3) is 5.91 Å². The number of nitrogens with two attached hydrogens (primary N) is 1. The molecule has 1 saturated heterocycles. The molecule has 1 amide bonds. The lowest BCUT2D eigenvalue weighted by Gasteiger charge is -2.17. The highest BCUT2D eigenvalue weighted by Gasteiger charge is 2.43. The molecule has 3 atom stereocenters. The maximum absolute atomic E-state index is 12.6. The lowest BCUT2D eigenvalue weighted by atomic mass is 10.00. The highest BCUT2D eigenvalue weighted by Crippen LogP contribution is 2.38. The minimum Gasteiger partial charge on any atom is -0.393 e. The number of aliphatic hydroxyl groups is 1. The Balaban J connectivity index is 1.76. The number of carbonyl (C=O) groups is 1. The first-order chi connectivity index (χ1) is 9.70. The molecule has 1 aromatic heterocycles. The molecule has 0 radical (unpaired) electrons. The van der Waals surface area contributed by atoms with Crippen LogP contribution in [0.25, 0.3) is 0 Å². The summed E-state index contributed by atoms with van der Waals surface area (Å²) >= 11 is 1.43. The number of rotatable bonds is 1. The van der Waals surface area contributed by atoms with Crippen LogP contribution >= 0.6 is 11.3 Å². The van der Waals surface area contributed by atoms with E-state index < -0.39 is 0 Å². The van der Waals surface area contributed by atoms with Crippen LogP contribution in [-0.2, 0) is 0 Å². The molecule has 106 valence electrons.